The van der Waals surface area contributed by atoms with Crippen molar-refractivity contribution < 1.29 is 9.53 Å². The number of hydrogen-bond donors (Lipinski definition) is 0. The van der Waals surface area contributed by atoms with E-state index in [4.69, 9.17) is 4.74 Å². The Morgan fingerprint density at radius 3 is 2.81 bits per heavy atom. The van der Waals surface area contributed by atoms with Crippen LogP contribution in [0.2, 0.25) is 0 Å². The van der Waals surface area contributed by atoms with Crippen molar-refractivity contribution in [1.82, 2.24) is 0 Å². The predicted molar refractivity (Wildman–Crippen MR) is 68.4 cm³/mol. The molecule has 0 radical (unpaired) electrons. The van der Waals surface area contributed by atoms with Crippen molar-refractivity contribution in [3.8, 4) is 0 Å². The van der Waals surface area contributed by atoms with Crippen LogP contribution >= 0.6 is 15.9 Å². The number of halogens is 1. The molecule has 0 N–H and O–H groups in total. The number of hydrogen-bond acceptors (Lipinski definition) is 2. The lowest BCUT2D eigenvalue weighted by atomic mass is 9.91. The van der Waals surface area contributed by atoms with Gasteiger partial charge in [0.1, 0.15) is 0 Å². The second-order valence-electron chi connectivity index (χ2n) is 3.82. The minimum atomic E-state index is -0.140. The Labute approximate surface area is 105 Å². The molecular weight excluding hydrogens is 268 g/mol. The van der Waals surface area contributed by atoms with Crippen molar-refractivity contribution in [1.29, 1.82) is 0 Å². The summed E-state index contributed by atoms with van der Waals surface area (Å²) in [6.07, 6.45) is 2.53. The molecule has 1 rings (SSSR count). The van der Waals surface area contributed by atoms with Crippen molar-refractivity contribution in [2.45, 2.75) is 32.1 Å². The third kappa shape index (κ3) is 3.97. The monoisotopic (exact) mass is 284 g/mol. The van der Waals surface area contributed by atoms with Crippen LogP contribution in [0.4, 0.5) is 0 Å². The van der Waals surface area contributed by atoms with Crippen LogP contribution in [0.25, 0.3) is 0 Å². The molecular formula is C13H17BrO2. The van der Waals surface area contributed by atoms with Crippen LogP contribution in [0.1, 0.15) is 37.7 Å². The van der Waals surface area contributed by atoms with Gasteiger partial charge in [0.05, 0.1) is 13.5 Å². The van der Waals surface area contributed by atoms with Gasteiger partial charge in [0, 0.05) is 4.47 Å². The van der Waals surface area contributed by atoms with Gasteiger partial charge >= 0.3 is 5.97 Å². The van der Waals surface area contributed by atoms with Crippen molar-refractivity contribution >= 4 is 21.9 Å². The van der Waals surface area contributed by atoms with E-state index >= 15 is 0 Å². The van der Waals surface area contributed by atoms with E-state index < -0.39 is 0 Å². The minimum absolute atomic E-state index is 0.140. The summed E-state index contributed by atoms with van der Waals surface area (Å²) in [6, 6.07) is 8.13. The van der Waals surface area contributed by atoms with E-state index in [-0.39, 0.29) is 11.9 Å². The van der Waals surface area contributed by atoms with Crippen LogP contribution in [0.3, 0.4) is 0 Å². The smallest absolute Gasteiger partial charge is 0.306 e. The summed E-state index contributed by atoms with van der Waals surface area (Å²) in [4.78, 5) is 11.3. The van der Waals surface area contributed by atoms with Gasteiger partial charge < -0.3 is 4.74 Å². The minimum Gasteiger partial charge on any atom is -0.469 e. The van der Waals surface area contributed by atoms with Crippen molar-refractivity contribution in [3.63, 3.8) is 0 Å². The molecule has 0 amide bonds. The molecule has 0 saturated heterocycles. The largest absolute Gasteiger partial charge is 0.469 e. The van der Waals surface area contributed by atoms with E-state index in [2.05, 4.69) is 35.0 Å². The van der Waals surface area contributed by atoms with Crippen LogP contribution in [0.5, 0.6) is 0 Å². The highest BCUT2D eigenvalue weighted by Gasteiger charge is 2.15. The zero-order valence-electron chi connectivity index (χ0n) is 9.70. The van der Waals surface area contributed by atoms with E-state index in [9.17, 15) is 4.79 Å². The summed E-state index contributed by atoms with van der Waals surface area (Å²) in [5.74, 6) is 0.119. The molecule has 0 aliphatic carbocycles. The summed E-state index contributed by atoms with van der Waals surface area (Å²) < 4.78 is 5.78. The maximum atomic E-state index is 11.3. The van der Waals surface area contributed by atoms with Gasteiger partial charge in [-0.25, -0.2) is 0 Å². The maximum Gasteiger partial charge on any atom is 0.306 e. The Bertz CT molecular complexity index is 350. The average Bonchev–Trinajstić information content (AvgIpc) is 2.28. The Morgan fingerprint density at radius 2 is 2.25 bits per heavy atom. The number of methoxy groups -OCH3 is 1. The van der Waals surface area contributed by atoms with E-state index in [0.717, 1.165) is 17.3 Å². The molecule has 1 atom stereocenters. The number of esters is 1. The van der Waals surface area contributed by atoms with Crippen molar-refractivity contribution in [3.05, 3.63) is 34.3 Å². The maximum absolute atomic E-state index is 11.3. The first-order valence-corrected chi connectivity index (χ1v) is 6.29. The van der Waals surface area contributed by atoms with Gasteiger partial charge in [0.25, 0.3) is 0 Å². The van der Waals surface area contributed by atoms with Gasteiger partial charge in [-0.2, -0.15) is 0 Å². The SMILES string of the molecule is CCCC(CC(=O)OC)c1cccc(Br)c1. The molecule has 0 aromatic heterocycles. The molecule has 2 nitrogen and oxygen atoms in total. The zero-order valence-corrected chi connectivity index (χ0v) is 11.3. The Kier molecular flexibility index (Phi) is 5.53. The van der Waals surface area contributed by atoms with Crippen LogP contribution in [0.15, 0.2) is 28.7 Å². The van der Waals surface area contributed by atoms with Crippen LogP contribution in [-0.4, -0.2) is 13.1 Å². The molecule has 0 aliphatic heterocycles. The Balaban J connectivity index is 2.80. The molecule has 0 aliphatic rings. The fraction of sp³-hybridized carbons (Fsp3) is 0.462. The summed E-state index contributed by atoms with van der Waals surface area (Å²) in [7, 11) is 1.44. The molecule has 0 bridgehead atoms. The van der Waals surface area contributed by atoms with Crippen LogP contribution in [-0.2, 0) is 9.53 Å². The second kappa shape index (κ2) is 6.69. The van der Waals surface area contributed by atoms with Gasteiger partial charge in [-0.3, -0.25) is 4.79 Å². The van der Waals surface area contributed by atoms with Gasteiger partial charge in [0.15, 0.2) is 0 Å². The lowest BCUT2D eigenvalue weighted by molar-refractivity contribution is -0.141. The Morgan fingerprint density at radius 1 is 1.50 bits per heavy atom. The van der Waals surface area contributed by atoms with E-state index in [1.165, 1.54) is 12.7 Å². The summed E-state index contributed by atoms with van der Waals surface area (Å²) in [5.41, 5.74) is 1.20. The summed E-state index contributed by atoms with van der Waals surface area (Å²) in [6.45, 7) is 2.13. The van der Waals surface area contributed by atoms with E-state index in [1.807, 2.05) is 12.1 Å². The topological polar surface area (TPSA) is 26.3 Å². The van der Waals surface area contributed by atoms with E-state index in [1.54, 1.807) is 0 Å². The third-order valence-electron chi connectivity index (χ3n) is 2.60. The fourth-order valence-corrected chi connectivity index (χ4v) is 2.20. The summed E-state index contributed by atoms with van der Waals surface area (Å²) in [5, 5.41) is 0. The molecule has 1 aromatic carbocycles. The van der Waals surface area contributed by atoms with Gasteiger partial charge in [-0.1, -0.05) is 41.4 Å². The first-order chi connectivity index (χ1) is 7.67. The van der Waals surface area contributed by atoms with Crippen molar-refractivity contribution in [2.75, 3.05) is 7.11 Å². The van der Waals surface area contributed by atoms with Gasteiger partial charge in [-0.15, -0.1) is 0 Å². The lowest BCUT2D eigenvalue weighted by Crippen LogP contribution is -2.08. The molecule has 0 spiro atoms. The number of rotatable bonds is 5. The fourth-order valence-electron chi connectivity index (χ4n) is 1.78. The standard InChI is InChI=1S/C13H17BrO2/c1-3-5-10(9-13(15)16-2)11-6-4-7-12(14)8-11/h4,6-8,10H,3,5,9H2,1-2H3. The quantitative estimate of drug-likeness (QED) is 0.767. The molecule has 1 aromatic rings. The number of carbonyl (C=O) groups is 1. The lowest BCUT2D eigenvalue weighted by Gasteiger charge is -2.15. The van der Waals surface area contributed by atoms with Crippen LogP contribution < -0.4 is 0 Å². The van der Waals surface area contributed by atoms with Gasteiger partial charge in [0.2, 0.25) is 0 Å². The average molecular weight is 285 g/mol. The molecule has 3 heteroatoms. The number of benzene rings is 1. The zero-order chi connectivity index (χ0) is 12.0. The normalized spacial score (nSPS) is 12.2. The molecule has 0 saturated carbocycles. The first-order valence-electron chi connectivity index (χ1n) is 5.49. The number of carbonyl (C=O) groups excluding carboxylic acids is 1. The highest BCUT2D eigenvalue weighted by Crippen LogP contribution is 2.27. The van der Waals surface area contributed by atoms with Crippen LogP contribution in [0, 0.1) is 0 Å². The second-order valence-corrected chi connectivity index (χ2v) is 4.74. The molecule has 0 heterocycles. The van der Waals surface area contributed by atoms with Gasteiger partial charge in [-0.05, 0) is 30.0 Å². The third-order valence-corrected chi connectivity index (χ3v) is 3.09. The highest BCUT2D eigenvalue weighted by molar-refractivity contribution is 9.10. The van der Waals surface area contributed by atoms with E-state index in [0.29, 0.717) is 6.42 Å². The molecule has 1 unspecified atom stereocenters. The van der Waals surface area contributed by atoms with Crippen molar-refractivity contribution in [2.24, 2.45) is 0 Å². The number of ether oxygens (including phenoxy) is 1. The molecule has 0 fully saturated rings. The molecule has 88 valence electrons. The highest BCUT2D eigenvalue weighted by atomic mass is 79.9. The first kappa shape index (κ1) is 13.2. The Hall–Kier alpha value is -0.830. The molecule has 16 heavy (non-hydrogen) atoms. The predicted octanol–water partition coefficient (Wildman–Crippen LogP) is 3.90. The summed E-state index contributed by atoms with van der Waals surface area (Å²) >= 11 is 3.45.